The second kappa shape index (κ2) is 10.4. The van der Waals surface area contributed by atoms with E-state index in [2.05, 4.69) is 26.4 Å². The number of alkyl halides is 6. The summed E-state index contributed by atoms with van der Waals surface area (Å²) in [5.74, 6) is 0. The molecule has 0 atom stereocenters. The predicted molar refractivity (Wildman–Crippen MR) is 116 cm³/mol. The Hall–Kier alpha value is -2.28. The molecule has 0 aliphatic heterocycles. The standard InChI is InChI=1S/C18H21F6N5S2/c1-5-13(30)27-26-10(2)14(28-29-15(31)25-4)11-6-8-12(9-7-11)16(3,17(19,20)21)18(22,23)24/h6-9H,5H2,1-4H3,(H,27,30)(H2,25,29,31). The van der Waals surface area contributed by atoms with Gasteiger partial charge in [0.15, 0.2) is 10.5 Å². The molecule has 0 fully saturated rings. The van der Waals surface area contributed by atoms with E-state index in [0.717, 1.165) is 24.3 Å². The van der Waals surface area contributed by atoms with Crippen molar-refractivity contribution in [2.75, 3.05) is 7.05 Å². The number of benzene rings is 1. The molecule has 0 amide bonds. The summed E-state index contributed by atoms with van der Waals surface area (Å²) < 4.78 is 79.9. The highest BCUT2D eigenvalue weighted by Gasteiger charge is 2.68. The highest BCUT2D eigenvalue weighted by atomic mass is 32.1. The van der Waals surface area contributed by atoms with Crippen molar-refractivity contribution in [1.29, 1.82) is 0 Å². The van der Waals surface area contributed by atoms with Gasteiger partial charge in [0.05, 0.1) is 10.7 Å². The summed E-state index contributed by atoms with van der Waals surface area (Å²) in [4.78, 5) is 0.430. The Bertz CT molecular complexity index is 846. The molecule has 13 heteroatoms. The van der Waals surface area contributed by atoms with Gasteiger partial charge in [-0.25, -0.2) is 0 Å². The van der Waals surface area contributed by atoms with E-state index in [1.165, 1.54) is 14.0 Å². The first-order chi connectivity index (χ1) is 14.2. The molecule has 172 valence electrons. The lowest BCUT2D eigenvalue weighted by molar-refractivity contribution is -0.297. The van der Waals surface area contributed by atoms with Crippen LogP contribution in [-0.4, -0.2) is 40.9 Å². The van der Waals surface area contributed by atoms with Gasteiger partial charge in [-0.15, -0.1) is 0 Å². The van der Waals surface area contributed by atoms with Gasteiger partial charge in [-0.1, -0.05) is 43.4 Å². The van der Waals surface area contributed by atoms with Crippen LogP contribution in [0.1, 0.15) is 38.3 Å². The SMILES string of the molecule is CCC(=S)NN=C(C)C(=NNC(=S)NC)c1ccc(C(C)(C(F)(F)F)C(F)(F)F)cc1. The summed E-state index contributed by atoms with van der Waals surface area (Å²) in [6.45, 7) is 3.45. The van der Waals surface area contributed by atoms with Gasteiger partial charge < -0.3 is 5.32 Å². The van der Waals surface area contributed by atoms with Gasteiger partial charge in [-0.05, 0) is 38.0 Å². The molecule has 0 heterocycles. The quantitative estimate of drug-likeness (QED) is 0.239. The lowest BCUT2D eigenvalue weighted by Gasteiger charge is -2.34. The molecule has 3 N–H and O–H groups in total. The van der Waals surface area contributed by atoms with E-state index in [0.29, 0.717) is 11.4 Å². The number of nitrogens with one attached hydrogen (secondary N) is 3. The first kappa shape index (κ1) is 26.8. The van der Waals surface area contributed by atoms with Crippen molar-refractivity contribution in [2.45, 2.75) is 45.0 Å². The van der Waals surface area contributed by atoms with E-state index < -0.39 is 23.3 Å². The molecule has 31 heavy (non-hydrogen) atoms. The topological polar surface area (TPSA) is 60.8 Å². The Kier molecular flexibility index (Phi) is 8.94. The van der Waals surface area contributed by atoms with E-state index in [1.807, 2.05) is 0 Å². The van der Waals surface area contributed by atoms with Crippen LogP contribution in [0.5, 0.6) is 0 Å². The monoisotopic (exact) mass is 485 g/mol. The predicted octanol–water partition coefficient (Wildman–Crippen LogP) is 4.57. The lowest BCUT2D eigenvalue weighted by atomic mass is 9.80. The lowest BCUT2D eigenvalue weighted by Crippen LogP contribution is -2.51. The number of halogens is 6. The minimum Gasteiger partial charge on any atom is -0.364 e. The van der Waals surface area contributed by atoms with Gasteiger partial charge in [0, 0.05) is 12.6 Å². The minimum absolute atomic E-state index is 0.103. The summed E-state index contributed by atoms with van der Waals surface area (Å²) in [6.07, 6.45) is -10.6. The molecule has 0 radical (unpaired) electrons. The molecular weight excluding hydrogens is 464 g/mol. The van der Waals surface area contributed by atoms with Gasteiger partial charge in [0.25, 0.3) is 0 Å². The second-order valence-electron chi connectivity index (χ2n) is 6.43. The van der Waals surface area contributed by atoms with Crippen LogP contribution in [0.25, 0.3) is 0 Å². The first-order valence-electron chi connectivity index (χ1n) is 8.82. The zero-order valence-electron chi connectivity index (χ0n) is 17.0. The third kappa shape index (κ3) is 6.35. The van der Waals surface area contributed by atoms with Crippen LogP contribution in [0.3, 0.4) is 0 Å². The van der Waals surface area contributed by atoms with Gasteiger partial charge >= 0.3 is 12.4 Å². The Morgan fingerprint density at radius 3 is 1.87 bits per heavy atom. The van der Waals surface area contributed by atoms with Crippen LogP contribution < -0.4 is 16.2 Å². The molecule has 1 aromatic rings. The van der Waals surface area contributed by atoms with Crippen LogP contribution in [0.2, 0.25) is 0 Å². The fourth-order valence-electron chi connectivity index (χ4n) is 2.24. The largest absolute Gasteiger partial charge is 0.406 e. The number of nitrogens with zero attached hydrogens (tertiary/aromatic N) is 2. The zero-order chi connectivity index (χ0) is 24.0. The number of hydrogen-bond acceptors (Lipinski definition) is 4. The van der Waals surface area contributed by atoms with E-state index in [4.69, 9.17) is 24.4 Å². The highest BCUT2D eigenvalue weighted by molar-refractivity contribution is 7.80. The molecule has 0 aliphatic rings. The summed E-state index contributed by atoms with van der Waals surface area (Å²) >= 11 is 9.94. The molecular formula is C18H21F6N5S2. The highest BCUT2D eigenvalue weighted by Crippen LogP contribution is 2.51. The van der Waals surface area contributed by atoms with Gasteiger partial charge in [0.2, 0.25) is 0 Å². The maximum absolute atomic E-state index is 13.3. The average Bonchev–Trinajstić information content (AvgIpc) is 2.69. The fourth-order valence-corrected chi connectivity index (χ4v) is 2.34. The Balaban J connectivity index is 3.45. The fraction of sp³-hybridized carbons (Fsp3) is 0.444. The molecule has 0 aromatic heterocycles. The molecule has 1 aromatic carbocycles. The van der Waals surface area contributed by atoms with Crippen LogP contribution in [0, 0.1) is 0 Å². The molecule has 0 saturated carbocycles. The zero-order valence-corrected chi connectivity index (χ0v) is 18.6. The van der Waals surface area contributed by atoms with Gasteiger partial charge in [0.1, 0.15) is 5.71 Å². The van der Waals surface area contributed by atoms with E-state index in [9.17, 15) is 26.3 Å². The average molecular weight is 486 g/mol. The summed E-state index contributed by atoms with van der Waals surface area (Å²) in [7, 11) is 1.54. The van der Waals surface area contributed by atoms with E-state index in [1.54, 1.807) is 6.92 Å². The van der Waals surface area contributed by atoms with Crippen molar-refractivity contribution in [3.63, 3.8) is 0 Å². The van der Waals surface area contributed by atoms with E-state index >= 15 is 0 Å². The molecule has 0 bridgehead atoms. The van der Waals surface area contributed by atoms with Crippen LogP contribution in [0.15, 0.2) is 34.5 Å². The van der Waals surface area contributed by atoms with Crippen molar-refractivity contribution in [3.05, 3.63) is 35.4 Å². The van der Waals surface area contributed by atoms with Crippen molar-refractivity contribution < 1.29 is 26.3 Å². The van der Waals surface area contributed by atoms with Crippen LogP contribution in [-0.2, 0) is 5.41 Å². The summed E-state index contributed by atoms with van der Waals surface area (Å²) in [5.41, 5.74) is 0.778. The van der Waals surface area contributed by atoms with Crippen molar-refractivity contribution >= 4 is 46.0 Å². The number of hydrazone groups is 2. The Labute approximate surface area is 186 Å². The molecule has 0 spiro atoms. The maximum Gasteiger partial charge on any atom is 0.406 e. The third-order valence-electron chi connectivity index (χ3n) is 4.38. The number of hydrogen-bond donors (Lipinski definition) is 3. The van der Waals surface area contributed by atoms with E-state index in [-0.39, 0.29) is 29.0 Å². The molecule has 0 unspecified atom stereocenters. The van der Waals surface area contributed by atoms with Crippen molar-refractivity contribution in [3.8, 4) is 0 Å². The van der Waals surface area contributed by atoms with Crippen LogP contribution in [0.4, 0.5) is 26.3 Å². The maximum atomic E-state index is 13.3. The normalized spacial score (nSPS) is 13.6. The third-order valence-corrected chi connectivity index (χ3v) is 5.05. The molecule has 0 saturated heterocycles. The minimum atomic E-state index is -5.54. The summed E-state index contributed by atoms with van der Waals surface area (Å²) in [5, 5.41) is 10.9. The molecule has 1 rings (SSSR count). The first-order valence-corrected chi connectivity index (χ1v) is 9.64. The summed E-state index contributed by atoms with van der Waals surface area (Å²) in [6, 6.07) is 3.73. The number of rotatable bonds is 6. The van der Waals surface area contributed by atoms with Crippen molar-refractivity contribution in [2.24, 2.45) is 10.2 Å². The molecule has 0 aliphatic carbocycles. The number of thiocarbonyl (C=S) groups is 2. The smallest absolute Gasteiger partial charge is 0.364 e. The second-order valence-corrected chi connectivity index (χ2v) is 7.34. The van der Waals surface area contributed by atoms with Gasteiger partial charge in [-0.2, -0.15) is 36.5 Å². The van der Waals surface area contributed by atoms with Crippen LogP contribution >= 0.6 is 24.4 Å². The molecule has 5 nitrogen and oxygen atoms in total. The Morgan fingerprint density at radius 1 is 0.935 bits per heavy atom. The Morgan fingerprint density at radius 2 is 1.45 bits per heavy atom. The van der Waals surface area contributed by atoms with Crippen molar-refractivity contribution in [1.82, 2.24) is 16.2 Å². The van der Waals surface area contributed by atoms with Gasteiger partial charge in [-0.3, -0.25) is 10.9 Å².